The summed E-state index contributed by atoms with van der Waals surface area (Å²) >= 11 is 0. The molecule has 0 saturated heterocycles. The summed E-state index contributed by atoms with van der Waals surface area (Å²) in [6.45, 7) is 0.634. The number of rotatable bonds is 5. The molecule has 1 aromatic heterocycles. The molecule has 1 saturated carbocycles. The van der Waals surface area contributed by atoms with Gasteiger partial charge in [-0.2, -0.15) is 0 Å². The molecule has 0 unspecified atom stereocenters. The maximum absolute atomic E-state index is 12.2. The van der Waals surface area contributed by atoms with E-state index in [9.17, 15) is 4.79 Å². The first-order valence-corrected chi connectivity index (χ1v) is 8.60. The van der Waals surface area contributed by atoms with Crippen molar-refractivity contribution in [2.24, 2.45) is 0 Å². The molecule has 0 aliphatic heterocycles. The standard InChI is InChI=1S/C20H24N2O/c23-20(22-14-12-16-5-4-13-21-15-16)19-10-8-18(9-11-19)17-6-2-1-3-7-17/h4-5,8-11,13,15,17H,1-3,6-7,12,14H2,(H,22,23). The summed E-state index contributed by atoms with van der Waals surface area (Å²) in [4.78, 5) is 16.3. The zero-order valence-electron chi connectivity index (χ0n) is 13.5. The molecule has 1 aromatic carbocycles. The van der Waals surface area contributed by atoms with Crippen molar-refractivity contribution < 1.29 is 4.79 Å². The highest BCUT2D eigenvalue weighted by atomic mass is 16.1. The predicted octanol–water partition coefficient (Wildman–Crippen LogP) is 4.10. The van der Waals surface area contributed by atoms with E-state index in [1.807, 2.05) is 30.5 Å². The number of nitrogens with zero attached hydrogens (tertiary/aromatic N) is 1. The molecule has 23 heavy (non-hydrogen) atoms. The van der Waals surface area contributed by atoms with Crippen LogP contribution in [-0.2, 0) is 6.42 Å². The lowest BCUT2D eigenvalue weighted by Crippen LogP contribution is -2.25. The molecule has 1 aliphatic rings. The van der Waals surface area contributed by atoms with E-state index in [1.54, 1.807) is 6.20 Å². The van der Waals surface area contributed by atoms with Crippen molar-refractivity contribution in [3.63, 3.8) is 0 Å². The highest BCUT2D eigenvalue weighted by Crippen LogP contribution is 2.32. The molecule has 3 rings (SSSR count). The molecular weight excluding hydrogens is 284 g/mol. The Bertz CT molecular complexity index is 616. The molecule has 3 heteroatoms. The van der Waals surface area contributed by atoms with Gasteiger partial charge < -0.3 is 5.32 Å². The van der Waals surface area contributed by atoms with Crippen molar-refractivity contribution in [1.82, 2.24) is 10.3 Å². The van der Waals surface area contributed by atoms with Gasteiger partial charge in [-0.05, 0) is 54.5 Å². The molecule has 1 heterocycles. The van der Waals surface area contributed by atoms with Crippen LogP contribution in [0.25, 0.3) is 0 Å². The number of amides is 1. The van der Waals surface area contributed by atoms with Crippen LogP contribution >= 0.6 is 0 Å². The van der Waals surface area contributed by atoms with E-state index in [4.69, 9.17) is 0 Å². The molecule has 1 amide bonds. The number of hydrogen-bond acceptors (Lipinski definition) is 2. The Labute approximate surface area is 138 Å². The van der Waals surface area contributed by atoms with Crippen LogP contribution in [-0.4, -0.2) is 17.4 Å². The van der Waals surface area contributed by atoms with Gasteiger partial charge in [-0.15, -0.1) is 0 Å². The van der Waals surface area contributed by atoms with Gasteiger partial charge in [0.2, 0.25) is 0 Å². The van der Waals surface area contributed by atoms with Gasteiger partial charge in [0.15, 0.2) is 0 Å². The van der Waals surface area contributed by atoms with Crippen LogP contribution in [0.3, 0.4) is 0 Å². The van der Waals surface area contributed by atoms with Crippen LogP contribution in [0, 0.1) is 0 Å². The quantitative estimate of drug-likeness (QED) is 0.903. The van der Waals surface area contributed by atoms with E-state index in [1.165, 1.54) is 37.7 Å². The summed E-state index contributed by atoms with van der Waals surface area (Å²) in [6.07, 6.45) is 11.0. The number of nitrogens with one attached hydrogen (secondary N) is 1. The van der Waals surface area contributed by atoms with Gasteiger partial charge in [0, 0.05) is 24.5 Å². The van der Waals surface area contributed by atoms with Crippen LogP contribution in [0.4, 0.5) is 0 Å². The number of pyridine rings is 1. The predicted molar refractivity (Wildman–Crippen MR) is 92.5 cm³/mol. The van der Waals surface area contributed by atoms with E-state index < -0.39 is 0 Å². The van der Waals surface area contributed by atoms with Gasteiger partial charge in [0.25, 0.3) is 5.91 Å². The largest absolute Gasteiger partial charge is 0.352 e. The number of hydrogen-bond donors (Lipinski definition) is 1. The van der Waals surface area contributed by atoms with Crippen molar-refractivity contribution in [2.45, 2.75) is 44.4 Å². The summed E-state index contributed by atoms with van der Waals surface area (Å²) in [6, 6.07) is 12.1. The summed E-state index contributed by atoms with van der Waals surface area (Å²) in [7, 11) is 0. The normalized spacial score (nSPS) is 15.3. The maximum Gasteiger partial charge on any atom is 0.251 e. The summed E-state index contributed by atoms with van der Waals surface area (Å²) < 4.78 is 0. The molecule has 120 valence electrons. The fourth-order valence-corrected chi connectivity index (χ4v) is 3.31. The van der Waals surface area contributed by atoms with Gasteiger partial charge in [-0.1, -0.05) is 37.5 Å². The SMILES string of the molecule is O=C(NCCc1cccnc1)c1ccc(C2CCCCC2)cc1. The van der Waals surface area contributed by atoms with Crippen LogP contribution in [0.2, 0.25) is 0 Å². The van der Waals surface area contributed by atoms with Crippen LogP contribution < -0.4 is 5.32 Å². The van der Waals surface area contributed by atoms with Crippen molar-refractivity contribution in [2.75, 3.05) is 6.54 Å². The van der Waals surface area contributed by atoms with E-state index in [0.717, 1.165) is 17.5 Å². The smallest absolute Gasteiger partial charge is 0.251 e. The monoisotopic (exact) mass is 308 g/mol. The topological polar surface area (TPSA) is 42.0 Å². The molecule has 1 fully saturated rings. The van der Waals surface area contributed by atoms with E-state index in [-0.39, 0.29) is 5.91 Å². The summed E-state index contributed by atoms with van der Waals surface area (Å²) in [5.74, 6) is 0.690. The first-order chi connectivity index (χ1) is 11.3. The Kier molecular flexibility index (Phi) is 5.41. The lowest BCUT2D eigenvalue weighted by Gasteiger charge is -2.22. The van der Waals surface area contributed by atoms with Gasteiger partial charge in [-0.25, -0.2) is 0 Å². The fraction of sp³-hybridized carbons (Fsp3) is 0.400. The Morgan fingerprint density at radius 2 is 1.87 bits per heavy atom. The van der Waals surface area contributed by atoms with Crippen molar-refractivity contribution in [3.8, 4) is 0 Å². The summed E-state index contributed by atoms with van der Waals surface area (Å²) in [5.41, 5.74) is 3.27. The van der Waals surface area contributed by atoms with Crippen LogP contribution in [0.15, 0.2) is 48.8 Å². The molecular formula is C20H24N2O. The Hall–Kier alpha value is -2.16. The van der Waals surface area contributed by atoms with E-state index in [0.29, 0.717) is 12.5 Å². The van der Waals surface area contributed by atoms with E-state index in [2.05, 4.69) is 22.4 Å². The molecule has 0 bridgehead atoms. The molecule has 1 aliphatic carbocycles. The number of benzene rings is 1. The molecule has 2 aromatic rings. The molecule has 1 N–H and O–H groups in total. The number of carbonyl (C=O) groups is 1. The Morgan fingerprint density at radius 3 is 2.57 bits per heavy atom. The van der Waals surface area contributed by atoms with Crippen LogP contribution in [0.1, 0.15) is 59.5 Å². The van der Waals surface area contributed by atoms with Crippen molar-refractivity contribution >= 4 is 5.91 Å². The first-order valence-electron chi connectivity index (χ1n) is 8.60. The Balaban J connectivity index is 1.51. The van der Waals surface area contributed by atoms with Crippen molar-refractivity contribution in [1.29, 1.82) is 0 Å². The van der Waals surface area contributed by atoms with E-state index >= 15 is 0 Å². The van der Waals surface area contributed by atoms with Gasteiger partial charge in [0.1, 0.15) is 0 Å². The molecule has 0 atom stereocenters. The number of aromatic nitrogens is 1. The zero-order valence-corrected chi connectivity index (χ0v) is 13.5. The average molecular weight is 308 g/mol. The third kappa shape index (κ3) is 4.41. The van der Waals surface area contributed by atoms with Crippen LogP contribution in [0.5, 0.6) is 0 Å². The third-order valence-electron chi connectivity index (χ3n) is 4.67. The second-order valence-electron chi connectivity index (χ2n) is 6.32. The molecule has 3 nitrogen and oxygen atoms in total. The van der Waals surface area contributed by atoms with Gasteiger partial charge in [0.05, 0.1) is 0 Å². The highest BCUT2D eigenvalue weighted by molar-refractivity contribution is 5.94. The first kappa shape index (κ1) is 15.7. The fourth-order valence-electron chi connectivity index (χ4n) is 3.31. The lowest BCUT2D eigenvalue weighted by molar-refractivity contribution is 0.0954. The second kappa shape index (κ2) is 7.91. The third-order valence-corrected chi connectivity index (χ3v) is 4.67. The minimum Gasteiger partial charge on any atom is -0.352 e. The lowest BCUT2D eigenvalue weighted by atomic mass is 9.84. The average Bonchev–Trinajstić information content (AvgIpc) is 2.63. The highest BCUT2D eigenvalue weighted by Gasteiger charge is 2.15. The molecule has 0 spiro atoms. The maximum atomic E-state index is 12.2. The number of carbonyl (C=O) groups excluding carboxylic acids is 1. The second-order valence-corrected chi connectivity index (χ2v) is 6.32. The minimum atomic E-state index is 0.00378. The van der Waals surface area contributed by atoms with Gasteiger partial charge >= 0.3 is 0 Å². The van der Waals surface area contributed by atoms with Crippen molar-refractivity contribution in [3.05, 3.63) is 65.5 Å². The molecule has 0 radical (unpaired) electrons. The summed E-state index contributed by atoms with van der Waals surface area (Å²) in [5, 5.41) is 2.98. The Morgan fingerprint density at radius 1 is 1.09 bits per heavy atom. The van der Waals surface area contributed by atoms with Gasteiger partial charge in [-0.3, -0.25) is 9.78 Å². The minimum absolute atomic E-state index is 0.00378. The zero-order chi connectivity index (χ0) is 15.9.